The summed E-state index contributed by atoms with van der Waals surface area (Å²) in [5.41, 5.74) is 2.79. The minimum Gasteiger partial charge on any atom is -0.349 e. The van der Waals surface area contributed by atoms with E-state index in [0.717, 1.165) is 0 Å². The van der Waals surface area contributed by atoms with Crippen molar-refractivity contribution in [1.29, 1.82) is 0 Å². The molecule has 0 bridgehead atoms. The molecule has 2 aromatic heterocycles. The summed E-state index contributed by atoms with van der Waals surface area (Å²) in [6.07, 6.45) is 5.17. The van der Waals surface area contributed by atoms with Crippen molar-refractivity contribution in [2.24, 2.45) is 0 Å². The first-order valence-electron chi connectivity index (χ1n) is 7.86. The van der Waals surface area contributed by atoms with Crippen LogP contribution in [0.2, 0.25) is 0 Å². The van der Waals surface area contributed by atoms with E-state index >= 15 is 0 Å². The summed E-state index contributed by atoms with van der Waals surface area (Å²) in [4.78, 5) is 22.9. The maximum Gasteiger partial charge on any atom is 0.271 e. The normalized spacial score (nSPS) is 12.5. The number of carbonyl (C=O) groups is 1. The van der Waals surface area contributed by atoms with Gasteiger partial charge in [0.1, 0.15) is 5.69 Å². The lowest BCUT2D eigenvalue weighted by atomic mass is 10.0. The van der Waals surface area contributed by atoms with Gasteiger partial charge in [0.2, 0.25) is 5.78 Å². The van der Waals surface area contributed by atoms with Crippen LogP contribution in [0.15, 0.2) is 48.9 Å². The first-order valence-corrected chi connectivity index (χ1v) is 7.86. The minimum absolute atomic E-state index is 0.102. The van der Waals surface area contributed by atoms with Crippen LogP contribution in [0.4, 0.5) is 0 Å². The van der Waals surface area contributed by atoms with Gasteiger partial charge in [-0.05, 0) is 38.2 Å². The summed E-state index contributed by atoms with van der Waals surface area (Å²) in [6.45, 7) is 2.60. The third-order valence-corrected chi connectivity index (χ3v) is 4.09. The van der Waals surface area contributed by atoms with Gasteiger partial charge >= 0.3 is 0 Å². The fourth-order valence-corrected chi connectivity index (χ4v) is 2.75. The Balaban J connectivity index is 1.75. The van der Waals surface area contributed by atoms with Gasteiger partial charge in [-0.2, -0.15) is 0 Å². The first-order chi connectivity index (χ1) is 11.6. The standard InChI is InChI=1S/C18H21N5O/c1-13-7-4-5-8-14(13)16(22(2)3)11-20-17(24)15-12-23-10-6-9-19-18(23)21-15/h4-10,12,16H,11H2,1-3H3,(H,20,24)/t16-/m1/s1. The van der Waals surface area contributed by atoms with Gasteiger partial charge in [0.05, 0.1) is 6.04 Å². The van der Waals surface area contributed by atoms with Gasteiger partial charge in [-0.25, -0.2) is 9.97 Å². The highest BCUT2D eigenvalue weighted by Gasteiger charge is 2.18. The smallest absolute Gasteiger partial charge is 0.271 e. The molecule has 1 amide bonds. The highest BCUT2D eigenvalue weighted by atomic mass is 16.1. The lowest BCUT2D eigenvalue weighted by Crippen LogP contribution is -2.35. The zero-order chi connectivity index (χ0) is 17.1. The maximum absolute atomic E-state index is 12.4. The predicted molar refractivity (Wildman–Crippen MR) is 92.9 cm³/mol. The van der Waals surface area contributed by atoms with Crippen LogP contribution in [0, 0.1) is 6.92 Å². The number of aryl methyl sites for hydroxylation is 1. The number of carbonyl (C=O) groups excluding carboxylic acids is 1. The molecule has 0 radical (unpaired) electrons. The average Bonchev–Trinajstić information content (AvgIpc) is 3.00. The number of rotatable bonds is 5. The van der Waals surface area contributed by atoms with Crippen LogP contribution in [0.3, 0.4) is 0 Å². The Morgan fingerprint density at radius 3 is 2.79 bits per heavy atom. The summed E-state index contributed by atoms with van der Waals surface area (Å²) in [5, 5.41) is 2.98. The Labute approximate surface area is 141 Å². The number of amides is 1. The molecule has 6 nitrogen and oxygen atoms in total. The molecule has 3 rings (SSSR count). The number of likely N-dealkylation sites (N-methyl/N-ethyl adjacent to an activating group) is 1. The number of hydrogen-bond donors (Lipinski definition) is 1. The van der Waals surface area contributed by atoms with E-state index in [1.807, 2.05) is 32.4 Å². The van der Waals surface area contributed by atoms with Crippen LogP contribution >= 0.6 is 0 Å². The van der Waals surface area contributed by atoms with Crippen LogP contribution < -0.4 is 5.32 Å². The SMILES string of the molecule is Cc1ccccc1[C@@H](CNC(=O)c1cn2cccnc2n1)N(C)C. The number of hydrogen-bond acceptors (Lipinski definition) is 4. The lowest BCUT2D eigenvalue weighted by molar-refractivity contribution is 0.0937. The molecule has 6 heteroatoms. The molecule has 24 heavy (non-hydrogen) atoms. The number of nitrogens with one attached hydrogen (secondary N) is 1. The molecule has 0 aliphatic heterocycles. The molecule has 0 fully saturated rings. The largest absolute Gasteiger partial charge is 0.349 e. The zero-order valence-corrected chi connectivity index (χ0v) is 14.1. The van der Waals surface area contributed by atoms with E-state index in [1.165, 1.54) is 11.1 Å². The fraction of sp³-hybridized carbons (Fsp3) is 0.278. The highest BCUT2D eigenvalue weighted by molar-refractivity contribution is 5.92. The molecular weight excluding hydrogens is 302 g/mol. The molecule has 1 N–H and O–H groups in total. The van der Waals surface area contributed by atoms with E-state index in [1.54, 1.807) is 22.9 Å². The minimum atomic E-state index is -0.194. The molecular formula is C18H21N5O. The van der Waals surface area contributed by atoms with Crippen molar-refractivity contribution >= 4 is 11.7 Å². The molecule has 0 saturated heterocycles. The van der Waals surface area contributed by atoms with Crippen molar-refractivity contribution < 1.29 is 4.79 Å². The van der Waals surface area contributed by atoms with E-state index in [4.69, 9.17) is 0 Å². The number of nitrogens with zero attached hydrogens (tertiary/aromatic N) is 4. The van der Waals surface area contributed by atoms with Crippen molar-refractivity contribution in [3.05, 3.63) is 65.7 Å². The molecule has 3 aromatic rings. The number of fused-ring (bicyclic) bond motifs is 1. The van der Waals surface area contributed by atoms with Gasteiger partial charge in [0, 0.05) is 25.1 Å². The maximum atomic E-state index is 12.4. The molecule has 0 aliphatic carbocycles. The number of aromatic nitrogens is 3. The van der Waals surface area contributed by atoms with Crippen molar-refractivity contribution in [3.63, 3.8) is 0 Å². The topological polar surface area (TPSA) is 62.5 Å². The quantitative estimate of drug-likeness (QED) is 0.781. The Hall–Kier alpha value is -2.73. The molecule has 0 saturated carbocycles. The molecule has 124 valence electrons. The second kappa shape index (κ2) is 6.80. The molecule has 0 unspecified atom stereocenters. The van der Waals surface area contributed by atoms with Crippen molar-refractivity contribution in [2.45, 2.75) is 13.0 Å². The summed E-state index contributed by atoms with van der Waals surface area (Å²) in [7, 11) is 4.02. The molecule has 0 spiro atoms. The second-order valence-corrected chi connectivity index (χ2v) is 6.00. The fourth-order valence-electron chi connectivity index (χ4n) is 2.75. The van der Waals surface area contributed by atoms with Crippen molar-refractivity contribution in [3.8, 4) is 0 Å². The first kappa shape index (κ1) is 16.1. The lowest BCUT2D eigenvalue weighted by Gasteiger charge is -2.26. The van der Waals surface area contributed by atoms with Gasteiger partial charge in [0.15, 0.2) is 0 Å². The van der Waals surface area contributed by atoms with Gasteiger partial charge in [-0.1, -0.05) is 24.3 Å². The average molecular weight is 323 g/mol. The summed E-state index contributed by atoms with van der Waals surface area (Å²) < 4.78 is 1.74. The monoisotopic (exact) mass is 323 g/mol. The summed E-state index contributed by atoms with van der Waals surface area (Å²) in [6, 6.07) is 10.1. The van der Waals surface area contributed by atoms with E-state index < -0.39 is 0 Å². The van der Waals surface area contributed by atoms with Crippen molar-refractivity contribution in [1.82, 2.24) is 24.6 Å². The molecule has 1 atom stereocenters. The van der Waals surface area contributed by atoms with Crippen LogP contribution in [0.25, 0.3) is 5.78 Å². The molecule has 0 aliphatic rings. The summed E-state index contributed by atoms with van der Waals surface area (Å²) >= 11 is 0. The van der Waals surface area contributed by atoms with Crippen LogP contribution in [0.1, 0.15) is 27.7 Å². The van der Waals surface area contributed by atoms with Crippen LogP contribution in [-0.2, 0) is 0 Å². The Morgan fingerprint density at radius 2 is 2.08 bits per heavy atom. The van der Waals surface area contributed by atoms with E-state index in [2.05, 4.69) is 39.2 Å². The Kier molecular flexibility index (Phi) is 4.57. The Bertz CT molecular complexity index is 822. The van der Waals surface area contributed by atoms with Crippen LogP contribution in [-0.4, -0.2) is 45.8 Å². The van der Waals surface area contributed by atoms with E-state index in [0.29, 0.717) is 18.0 Å². The van der Waals surface area contributed by atoms with Crippen LogP contribution in [0.5, 0.6) is 0 Å². The zero-order valence-electron chi connectivity index (χ0n) is 14.1. The second-order valence-electron chi connectivity index (χ2n) is 6.00. The Morgan fingerprint density at radius 1 is 1.29 bits per heavy atom. The molecule has 2 heterocycles. The highest BCUT2D eigenvalue weighted by Crippen LogP contribution is 2.21. The van der Waals surface area contributed by atoms with Crippen molar-refractivity contribution in [2.75, 3.05) is 20.6 Å². The third kappa shape index (κ3) is 3.28. The number of imidazole rings is 1. The van der Waals surface area contributed by atoms with E-state index in [-0.39, 0.29) is 11.9 Å². The van der Waals surface area contributed by atoms with Gasteiger partial charge in [-0.3, -0.25) is 9.20 Å². The summed E-state index contributed by atoms with van der Waals surface area (Å²) in [5.74, 6) is 0.326. The number of benzene rings is 1. The van der Waals surface area contributed by atoms with Gasteiger partial charge in [-0.15, -0.1) is 0 Å². The molecule has 1 aromatic carbocycles. The van der Waals surface area contributed by atoms with Gasteiger partial charge in [0.25, 0.3) is 5.91 Å². The predicted octanol–water partition coefficient (Wildman–Crippen LogP) is 2.07. The van der Waals surface area contributed by atoms with E-state index in [9.17, 15) is 4.79 Å². The van der Waals surface area contributed by atoms with Gasteiger partial charge < -0.3 is 10.2 Å². The third-order valence-electron chi connectivity index (χ3n) is 4.09.